The van der Waals surface area contributed by atoms with Crippen LogP contribution in [0.2, 0.25) is 0 Å². The first-order valence-corrected chi connectivity index (χ1v) is 8.31. The van der Waals surface area contributed by atoms with Crippen LogP contribution in [0, 0.1) is 6.92 Å². The highest BCUT2D eigenvalue weighted by Crippen LogP contribution is 2.10. The lowest BCUT2D eigenvalue weighted by Gasteiger charge is -2.34. The average molecular weight is 315 g/mol. The van der Waals surface area contributed by atoms with Crippen LogP contribution in [-0.4, -0.2) is 54.1 Å². The molecular formula is C17H25N5O. The zero-order valence-corrected chi connectivity index (χ0v) is 13.7. The number of hydrogen-bond donors (Lipinski definition) is 1. The lowest BCUT2D eigenvalue weighted by Crippen LogP contribution is -2.47. The minimum atomic E-state index is 0.812. The van der Waals surface area contributed by atoms with Crippen molar-refractivity contribution in [2.75, 3.05) is 44.2 Å². The number of anilines is 1. The minimum absolute atomic E-state index is 0.812. The Bertz CT molecular complexity index is 578. The lowest BCUT2D eigenvalue weighted by molar-refractivity contribution is 0.252. The maximum Gasteiger partial charge on any atom is 0.225 e. The SMILES string of the molecule is Cc1ccc(CNCCCN2CCN(c3ncccn3)CC2)o1. The summed E-state index contributed by atoms with van der Waals surface area (Å²) in [5.41, 5.74) is 0. The second-order valence-corrected chi connectivity index (χ2v) is 5.92. The van der Waals surface area contributed by atoms with E-state index in [2.05, 4.69) is 25.1 Å². The van der Waals surface area contributed by atoms with Crippen LogP contribution in [0.15, 0.2) is 35.0 Å². The van der Waals surface area contributed by atoms with Crippen molar-refractivity contribution < 1.29 is 4.42 Å². The van der Waals surface area contributed by atoms with Gasteiger partial charge in [-0.25, -0.2) is 9.97 Å². The third-order valence-corrected chi connectivity index (χ3v) is 4.13. The fourth-order valence-electron chi connectivity index (χ4n) is 2.85. The molecule has 0 spiro atoms. The Morgan fingerprint density at radius 3 is 2.61 bits per heavy atom. The second-order valence-electron chi connectivity index (χ2n) is 5.92. The number of aryl methyl sites for hydroxylation is 1. The van der Waals surface area contributed by atoms with Crippen molar-refractivity contribution in [2.45, 2.75) is 19.9 Å². The van der Waals surface area contributed by atoms with Gasteiger partial charge in [0.15, 0.2) is 0 Å². The molecule has 3 heterocycles. The molecule has 23 heavy (non-hydrogen) atoms. The first-order valence-electron chi connectivity index (χ1n) is 8.31. The molecule has 0 aliphatic carbocycles. The van der Waals surface area contributed by atoms with Crippen molar-refractivity contribution in [3.8, 4) is 0 Å². The molecule has 0 saturated carbocycles. The average Bonchev–Trinajstić information content (AvgIpc) is 3.01. The normalized spacial score (nSPS) is 16.0. The lowest BCUT2D eigenvalue weighted by atomic mass is 10.3. The Hall–Kier alpha value is -1.92. The molecule has 0 bridgehead atoms. The number of piperazine rings is 1. The molecular weight excluding hydrogens is 290 g/mol. The topological polar surface area (TPSA) is 57.4 Å². The van der Waals surface area contributed by atoms with Crippen molar-refractivity contribution >= 4 is 5.95 Å². The molecule has 0 radical (unpaired) electrons. The monoisotopic (exact) mass is 315 g/mol. The zero-order chi connectivity index (χ0) is 15.9. The molecule has 1 aliphatic rings. The zero-order valence-electron chi connectivity index (χ0n) is 13.7. The van der Waals surface area contributed by atoms with Crippen molar-refractivity contribution in [1.29, 1.82) is 0 Å². The van der Waals surface area contributed by atoms with Crippen LogP contribution in [0.5, 0.6) is 0 Å². The minimum Gasteiger partial charge on any atom is -0.465 e. The van der Waals surface area contributed by atoms with Crippen molar-refractivity contribution in [2.24, 2.45) is 0 Å². The fourth-order valence-corrected chi connectivity index (χ4v) is 2.85. The predicted octanol–water partition coefficient (Wildman–Crippen LogP) is 1.68. The van der Waals surface area contributed by atoms with Gasteiger partial charge in [0, 0.05) is 38.6 Å². The molecule has 2 aromatic rings. The standard InChI is InChI=1S/C17H25N5O/c1-15-4-5-16(23-15)14-18-6-3-9-21-10-12-22(13-11-21)17-19-7-2-8-20-17/h2,4-5,7-8,18H,3,6,9-14H2,1H3. The van der Waals surface area contributed by atoms with Gasteiger partial charge in [-0.2, -0.15) is 0 Å². The molecule has 0 atom stereocenters. The first-order chi connectivity index (χ1) is 11.3. The summed E-state index contributed by atoms with van der Waals surface area (Å²) in [5, 5.41) is 3.44. The summed E-state index contributed by atoms with van der Waals surface area (Å²) in [6.45, 7) is 9.10. The van der Waals surface area contributed by atoms with Gasteiger partial charge >= 0.3 is 0 Å². The van der Waals surface area contributed by atoms with Crippen LogP contribution >= 0.6 is 0 Å². The molecule has 1 N–H and O–H groups in total. The van der Waals surface area contributed by atoms with Crippen molar-refractivity contribution in [3.63, 3.8) is 0 Å². The summed E-state index contributed by atoms with van der Waals surface area (Å²) in [5.74, 6) is 2.84. The van der Waals surface area contributed by atoms with Gasteiger partial charge in [-0.1, -0.05) is 0 Å². The molecule has 1 fully saturated rings. The van der Waals surface area contributed by atoms with Gasteiger partial charge in [-0.05, 0) is 44.6 Å². The third kappa shape index (κ3) is 4.77. The van der Waals surface area contributed by atoms with Crippen LogP contribution in [0.25, 0.3) is 0 Å². The Labute approximate surface area is 137 Å². The van der Waals surface area contributed by atoms with Gasteiger partial charge in [-0.15, -0.1) is 0 Å². The summed E-state index contributed by atoms with van der Waals surface area (Å²) in [4.78, 5) is 13.4. The number of nitrogens with one attached hydrogen (secondary N) is 1. The Morgan fingerprint density at radius 2 is 1.91 bits per heavy atom. The number of aromatic nitrogens is 2. The van der Waals surface area contributed by atoms with Gasteiger partial charge in [0.25, 0.3) is 0 Å². The summed E-state index contributed by atoms with van der Waals surface area (Å²) in [6, 6.07) is 5.90. The summed E-state index contributed by atoms with van der Waals surface area (Å²) in [6.07, 6.45) is 4.77. The van der Waals surface area contributed by atoms with Crippen LogP contribution in [-0.2, 0) is 6.54 Å². The molecule has 1 saturated heterocycles. The van der Waals surface area contributed by atoms with Gasteiger partial charge < -0.3 is 14.6 Å². The highest BCUT2D eigenvalue weighted by Gasteiger charge is 2.17. The van der Waals surface area contributed by atoms with Gasteiger partial charge in [0.05, 0.1) is 6.54 Å². The van der Waals surface area contributed by atoms with E-state index in [1.165, 1.54) is 0 Å². The molecule has 0 aromatic carbocycles. The molecule has 0 unspecified atom stereocenters. The summed E-state index contributed by atoms with van der Waals surface area (Å²) >= 11 is 0. The molecule has 6 nitrogen and oxygen atoms in total. The second kappa shape index (κ2) is 8.08. The van der Waals surface area contributed by atoms with Gasteiger partial charge in [0.1, 0.15) is 11.5 Å². The first kappa shape index (κ1) is 16.0. The Morgan fingerprint density at radius 1 is 1.13 bits per heavy atom. The van der Waals surface area contributed by atoms with E-state index in [9.17, 15) is 0 Å². The van der Waals surface area contributed by atoms with E-state index in [-0.39, 0.29) is 0 Å². The number of hydrogen-bond acceptors (Lipinski definition) is 6. The molecule has 124 valence electrons. The summed E-state index contributed by atoms with van der Waals surface area (Å²) in [7, 11) is 0. The van der Waals surface area contributed by atoms with Crippen LogP contribution in [0.1, 0.15) is 17.9 Å². The van der Waals surface area contributed by atoms with Gasteiger partial charge in [-0.3, -0.25) is 4.90 Å². The van der Waals surface area contributed by atoms with E-state index < -0.39 is 0 Å². The van der Waals surface area contributed by atoms with E-state index in [4.69, 9.17) is 4.42 Å². The van der Waals surface area contributed by atoms with Crippen molar-refractivity contribution in [3.05, 3.63) is 42.1 Å². The quantitative estimate of drug-likeness (QED) is 0.785. The Balaban J connectivity index is 1.29. The maximum absolute atomic E-state index is 5.54. The predicted molar refractivity (Wildman–Crippen MR) is 90.5 cm³/mol. The summed E-state index contributed by atoms with van der Waals surface area (Å²) < 4.78 is 5.54. The van der Waals surface area contributed by atoms with Gasteiger partial charge in [0.2, 0.25) is 5.95 Å². The molecule has 2 aromatic heterocycles. The molecule has 1 aliphatic heterocycles. The molecule has 3 rings (SSSR count). The third-order valence-electron chi connectivity index (χ3n) is 4.13. The van der Waals surface area contributed by atoms with Crippen LogP contribution < -0.4 is 10.2 Å². The fraction of sp³-hybridized carbons (Fsp3) is 0.529. The van der Waals surface area contributed by atoms with E-state index in [0.29, 0.717) is 0 Å². The highest BCUT2D eigenvalue weighted by molar-refractivity contribution is 5.29. The van der Waals surface area contributed by atoms with Crippen LogP contribution in [0.4, 0.5) is 5.95 Å². The number of nitrogens with zero attached hydrogens (tertiary/aromatic N) is 4. The molecule has 6 heteroatoms. The number of furan rings is 1. The van der Waals surface area contributed by atoms with E-state index in [0.717, 1.165) is 69.7 Å². The maximum atomic E-state index is 5.54. The van der Waals surface area contributed by atoms with E-state index in [1.54, 1.807) is 12.4 Å². The van der Waals surface area contributed by atoms with E-state index in [1.807, 2.05) is 25.1 Å². The number of rotatable bonds is 7. The highest BCUT2D eigenvalue weighted by atomic mass is 16.3. The van der Waals surface area contributed by atoms with Crippen molar-refractivity contribution in [1.82, 2.24) is 20.2 Å². The van der Waals surface area contributed by atoms with E-state index >= 15 is 0 Å². The molecule has 0 amide bonds. The Kier molecular flexibility index (Phi) is 5.60. The largest absolute Gasteiger partial charge is 0.465 e. The van der Waals surface area contributed by atoms with Crippen LogP contribution in [0.3, 0.4) is 0 Å². The smallest absolute Gasteiger partial charge is 0.225 e.